The van der Waals surface area contributed by atoms with Crippen molar-refractivity contribution in [1.82, 2.24) is 0 Å². The van der Waals surface area contributed by atoms with E-state index in [1.807, 2.05) is 18.2 Å². The number of hydrogen-bond acceptors (Lipinski definition) is 2. The number of benzene rings is 6. The molecular weight excluding hydrogens is 414 g/mol. The van der Waals surface area contributed by atoms with Crippen LogP contribution in [0.5, 0.6) is 0 Å². The summed E-state index contributed by atoms with van der Waals surface area (Å²) < 4.78 is 6.74. The first-order valence-corrected chi connectivity index (χ1v) is 11.5. The Labute approximate surface area is 197 Å². The first kappa shape index (κ1) is 19.0. The van der Waals surface area contributed by atoms with Crippen LogP contribution in [0.2, 0.25) is 0 Å². The smallest absolute Gasteiger partial charge is 0.159 e. The third-order valence-corrected chi connectivity index (χ3v) is 6.62. The fourth-order valence-corrected chi connectivity index (χ4v) is 5.09. The lowest BCUT2D eigenvalue weighted by atomic mass is 9.96. The summed E-state index contributed by atoms with van der Waals surface area (Å²) in [6.45, 7) is 0. The van der Waals surface area contributed by atoms with E-state index >= 15 is 0 Å². The van der Waals surface area contributed by atoms with Gasteiger partial charge in [-0.2, -0.15) is 0 Å². The molecule has 0 bridgehead atoms. The molecule has 1 N–H and O–H groups in total. The normalized spacial score (nSPS) is 11.5. The molecular formula is C32H21NO. The van der Waals surface area contributed by atoms with Crippen molar-refractivity contribution >= 4 is 54.9 Å². The summed E-state index contributed by atoms with van der Waals surface area (Å²) >= 11 is 0. The van der Waals surface area contributed by atoms with Crippen molar-refractivity contribution in [2.45, 2.75) is 0 Å². The van der Waals surface area contributed by atoms with Crippen LogP contribution in [0.3, 0.4) is 0 Å². The molecule has 0 atom stereocenters. The summed E-state index contributed by atoms with van der Waals surface area (Å²) in [5.74, 6) is 0. The SMILES string of the molecule is c1ccc(Nc2cc3ccccc3c3c2oc2c(-c4cccc5ccccc45)cccc23)cc1. The van der Waals surface area contributed by atoms with E-state index < -0.39 is 0 Å². The molecule has 2 heteroatoms. The van der Waals surface area contributed by atoms with Crippen molar-refractivity contribution in [2.75, 3.05) is 5.32 Å². The second kappa shape index (κ2) is 7.50. The zero-order chi connectivity index (χ0) is 22.5. The van der Waals surface area contributed by atoms with Crippen molar-refractivity contribution in [3.63, 3.8) is 0 Å². The van der Waals surface area contributed by atoms with Crippen LogP contribution < -0.4 is 5.32 Å². The number of hydrogen-bond donors (Lipinski definition) is 1. The molecule has 0 saturated carbocycles. The molecule has 34 heavy (non-hydrogen) atoms. The van der Waals surface area contributed by atoms with Crippen LogP contribution in [0.4, 0.5) is 11.4 Å². The first-order valence-electron chi connectivity index (χ1n) is 11.5. The van der Waals surface area contributed by atoms with Gasteiger partial charge in [0.25, 0.3) is 0 Å². The van der Waals surface area contributed by atoms with E-state index in [0.29, 0.717) is 0 Å². The fraction of sp³-hybridized carbons (Fsp3) is 0. The average Bonchev–Trinajstić information content (AvgIpc) is 3.30. The van der Waals surface area contributed by atoms with E-state index in [0.717, 1.165) is 38.9 Å². The Morgan fingerprint density at radius 3 is 2.00 bits per heavy atom. The van der Waals surface area contributed by atoms with Crippen LogP contribution in [-0.4, -0.2) is 0 Å². The predicted octanol–water partition coefficient (Wildman–Crippen LogP) is 9.30. The summed E-state index contributed by atoms with van der Waals surface area (Å²) in [6.07, 6.45) is 0. The van der Waals surface area contributed by atoms with E-state index in [2.05, 4.69) is 108 Å². The van der Waals surface area contributed by atoms with Gasteiger partial charge >= 0.3 is 0 Å². The largest absolute Gasteiger partial charge is 0.453 e. The molecule has 0 radical (unpaired) electrons. The molecule has 0 amide bonds. The molecule has 0 saturated heterocycles. The Balaban J connectivity index is 1.58. The standard InChI is InChI=1S/C32H21NO/c1-2-13-23(14-3-1)33-29-20-22-11-5-7-16-25(22)30-28-19-9-18-27(31(28)34-32(29)30)26-17-8-12-21-10-4-6-15-24(21)26/h1-20,33H. The quantitative estimate of drug-likeness (QED) is 0.299. The monoisotopic (exact) mass is 435 g/mol. The number of nitrogens with one attached hydrogen (secondary N) is 1. The molecule has 160 valence electrons. The minimum absolute atomic E-state index is 0.880. The van der Waals surface area contributed by atoms with Crippen LogP contribution in [-0.2, 0) is 0 Å². The summed E-state index contributed by atoms with van der Waals surface area (Å²) in [7, 11) is 0. The maximum Gasteiger partial charge on any atom is 0.159 e. The van der Waals surface area contributed by atoms with Crippen molar-refractivity contribution in [3.8, 4) is 11.1 Å². The molecule has 0 aliphatic rings. The number of furan rings is 1. The average molecular weight is 436 g/mol. The highest BCUT2D eigenvalue weighted by Gasteiger charge is 2.18. The van der Waals surface area contributed by atoms with Crippen LogP contribution in [0.15, 0.2) is 126 Å². The molecule has 2 nitrogen and oxygen atoms in total. The second-order valence-corrected chi connectivity index (χ2v) is 8.65. The van der Waals surface area contributed by atoms with Crippen LogP contribution in [0.1, 0.15) is 0 Å². The first-order chi connectivity index (χ1) is 16.9. The van der Waals surface area contributed by atoms with E-state index in [1.54, 1.807) is 0 Å². The molecule has 1 heterocycles. The van der Waals surface area contributed by atoms with E-state index in [1.165, 1.54) is 27.1 Å². The Hall–Kier alpha value is -4.56. The minimum Gasteiger partial charge on any atom is -0.453 e. The van der Waals surface area contributed by atoms with E-state index in [9.17, 15) is 0 Å². The van der Waals surface area contributed by atoms with E-state index in [-0.39, 0.29) is 0 Å². The lowest BCUT2D eigenvalue weighted by Gasteiger charge is -2.09. The Kier molecular flexibility index (Phi) is 4.18. The van der Waals surface area contributed by atoms with Gasteiger partial charge in [-0.3, -0.25) is 0 Å². The number of rotatable bonds is 3. The Bertz CT molecular complexity index is 1820. The summed E-state index contributed by atoms with van der Waals surface area (Å²) in [6, 6.07) is 42.4. The van der Waals surface area contributed by atoms with Gasteiger partial charge in [-0.15, -0.1) is 0 Å². The van der Waals surface area contributed by atoms with Gasteiger partial charge in [0.1, 0.15) is 5.58 Å². The molecule has 1 aromatic heterocycles. The summed E-state index contributed by atoms with van der Waals surface area (Å²) in [4.78, 5) is 0. The zero-order valence-corrected chi connectivity index (χ0v) is 18.5. The van der Waals surface area contributed by atoms with Gasteiger partial charge in [0.05, 0.1) is 5.69 Å². The molecule has 7 rings (SSSR count). The number of fused-ring (bicyclic) bond motifs is 6. The highest BCUT2D eigenvalue weighted by Crippen LogP contribution is 2.44. The molecule has 7 aromatic rings. The van der Waals surface area contributed by atoms with Crippen molar-refractivity contribution in [3.05, 3.63) is 121 Å². The van der Waals surface area contributed by atoms with Gasteiger partial charge in [0.15, 0.2) is 5.58 Å². The molecule has 0 aliphatic carbocycles. The summed E-state index contributed by atoms with van der Waals surface area (Å²) in [5.41, 5.74) is 6.10. The Morgan fingerprint density at radius 2 is 1.12 bits per heavy atom. The molecule has 0 unspecified atom stereocenters. The summed E-state index contributed by atoms with van der Waals surface area (Å²) in [5, 5.41) is 10.7. The minimum atomic E-state index is 0.880. The fourth-order valence-electron chi connectivity index (χ4n) is 5.09. The van der Waals surface area contributed by atoms with Gasteiger partial charge in [-0.1, -0.05) is 103 Å². The van der Waals surface area contributed by atoms with Crippen molar-refractivity contribution in [2.24, 2.45) is 0 Å². The van der Waals surface area contributed by atoms with Crippen molar-refractivity contribution in [1.29, 1.82) is 0 Å². The third-order valence-electron chi connectivity index (χ3n) is 6.62. The number of para-hydroxylation sites is 2. The van der Waals surface area contributed by atoms with Crippen LogP contribution in [0, 0.1) is 0 Å². The van der Waals surface area contributed by atoms with Gasteiger partial charge < -0.3 is 9.73 Å². The third kappa shape index (κ3) is 2.89. The van der Waals surface area contributed by atoms with Crippen LogP contribution in [0.25, 0.3) is 54.6 Å². The Morgan fingerprint density at radius 1 is 0.471 bits per heavy atom. The maximum absolute atomic E-state index is 6.74. The highest BCUT2D eigenvalue weighted by atomic mass is 16.3. The topological polar surface area (TPSA) is 25.2 Å². The van der Waals surface area contributed by atoms with Gasteiger partial charge in [-0.05, 0) is 45.3 Å². The van der Waals surface area contributed by atoms with Crippen LogP contribution >= 0.6 is 0 Å². The van der Waals surface area contributed by atoms with Gasteiger partial charge in [0.2, 0.25) is 0 Å². The number of anilines is 2. The second-order valence-electron chi connectivity index (χ2n) is 8.65. The molecule has 0 aliphatic heterocycles. The van der Waals surface area contributed by atoms with E-state index in [4.69, 9.17) is 4.42 Å². The van der Waals surface area contributed by atoms with Gasteiger partial charge in [-0.25, -0.2) is 0 Å². The maximum atomic E-state index is 6.74. The lowest BCUT2D eigenvalue weighted by Crippen LogP contribution is -1.90. The zero-order valence-electron chi connectivity index (χ0n) is 18.5. The lowest BCUT2D eigenvalue weighted by molar-refractivity contribution is 0.671. The molecule has 0 fully saturated rings. The molecule has 0 spiro atoms. The predicted molar refractivity (Wildman–Crippen MR) is 144 cm³/mol. The van der Waals surface area contributed by atoms with Crippen molar-refractivity contribution < 1.29 is 4.42 Å². The van der Waals surface area contributed by atoms with Gasteiger partial charge in [0, 0.05) is 22.0 Å². The highest BCUT2D eigenvalue weighted by molar-refractivity contribution is 6.24. The molecule has 6 aromatic carbocycles.